The number of nitrogens with one attached hydrogen (secondary N) is 1. The number of piperazine rings is 1. The van der Waals surface area contributed by atoms with Gasteiger partial charge in [-0.05, 0) is 43.8 Å². The van der Waals surface area contributed by atoms with Crippen molar-refractivity contribution in [2.75, 3.05) is 29.9 Å². The van der Waals surface area contributed by atoms with Crippen LogP contribution in [0.2, 0.25) is 0 Å². The highest BCUT2D eigenvalue weighted by Gasteiger charge is 2.32. The molecule has 0 bridgehead atoms. The first-order valence-electron chi connectivity index (χ1n) is 9.57. The van der Waals surface area contributed by atoms with Crippen LogP contribution in [0.5, 0.6) is 0 Å². The van der Waals surface area contributed by atoms with E-state index in [1.807, 2.05) is 31.2 Å². The van der Waals surface area contributed by atoms with E-state index in [4.69, 9.17) is 0 Å². The molecule has 1 amide bonds. The standard InChI is InChI=1S/C21H25N5OS/c1-14-6-4-5-7-18(14)24-19(27)12-25-10-15(2)26(16(3)11-25)20-17-8-9-28-21(17)23-13-22-20/h4-9,13,15-16H,10-12H2,1-3H3,(H,24,27)/t15-,16+. The molecule has 6 nitrogen and oxygen atoms in total. The lowest BCUT2D eigenvalue weighted by Gasteiger charge is -2.45. The van der Waals surface area contributed by atoms with Crippen molar-refractivity contribution < 1.29 is 4.79 Å². The minimum absolute atomic E-state index is 0.0319. The SMILES string of the molecule is Cc1ccccc1NC(=O)CN1C[C@@H](C)N(c2ncnc3sccc23)[C@@H](C)C1. The second-order valence-electron chi connectivity index (χ2n) is 7.50. The minimum atomic E-state index is 0.0319. The van der Waals surface area contributed by atoms with Crippen molar-refractivity contribution >= 4 is 39.0 Å². The number of rotatable bonds is 4. The Hall–Kier alpha value is -2.51. The van der Waals surface area contributed by atoms with Gasteiger partial charge in [0, 0.05) is 30.9 Å². The summed E-state index contributed by atoms with van der Waals surface area (Å²) in [7, 11) is 0. The Morgan fingerprint density at radius 3 is 2.68 bits per heavy atom. The summed E-state index contributed by atoms with van der Waals surface area (Å²) in [6.45, 7) is 8.44. The molecule has 0 radical (unpaired) electrons. The topological polar surface area (TPSA) is 61.4 Å². The van der Waals surface area contributed by atoms with Crippen LogP contribution in [0.3, 0.4) is 0 Å². The van der Waals surface area contributed by atoms with E-state index < -0.39 is 0 Å². The number of anilines is 2. The normalized spacial score (nSPS) is 20.5. The molecule has 2 aromatic heterocycles. The van der Waals surface area contributed by atoms with Crippen LogP contribution in [0.25, 0.3) is 10.2 Å². The number of benzene rings is 1. The van der Waals surface area contributed by atoms with Crippen LogP contribution in [0.1, 0.15) is 19.4 Å². The molecule has 1 aliphatic rings. The molecule has 1 aromatic carbocycles. The van der Waals surface area contributed by atoms with Crippen LogP contribution >= 0.6 is 11.3 Å². The van der Waals surface area contributed by atoms with Crippen molar-refractivity contribution in [3.05, 3.63) is 47.6 Å². The van der Waals surface area contributed by atoms with Crippen LogP contribution in [0.4, 0.5) is 11.5 Å². The van der Waals surface area contributed by atoms with Gasteiger partial charge < -0.3 is 10.2 Å². The number of carbonyl (C=O) groups is 1. The zero-order valence-electron chi connectivity index (χ0n) is 16.4. The van der Waals surface area contributed by atoms with Gasteiger partial charge in [0.15, 0.2) is 0 Å². The molecule has 146 valence electrons. The van der Waals surface area contributed by atoms with Crippen molar-refractivity contribution in [3.63, 3.8) is 0 Å². The number of thiophene rings is 1. The van der Waals surface area contributed by atoms with Crippen LogP contribution in [0, 0.1) is 6.92 Å². The third kappa shape index (κ3) is 3.72. The first kappa shape index (κ1) is 18.8. The highest BCUT2D eigenvalue weighted by Crippen LogP contribution is 2.31. The van der Waals surface area contributed by atoms with Gasteiger partial charge in [0.1, 0.15) is 17.0 Å². The van der Waals surface area contributed by atoms with E-state index >= 15 is 0 Å². The molecular weight excluding hydrogens is 370 g/mol. The fourth-order valence-electron chi connectivity index (χ4n) is 4.07. The number of amides is 1. The number of hydrogen-bond acceptors (Lipinski definition) is 6. The number of para-hydroxylation sites is 1. The Morgan fingerprint density at radius 2 is 1.93 bits per heavy atom. The number of fused-ring (bicyclic) bond motifs is 1. The largest absolute Gasteiger partial charge is 0.348 e. The molecule has 0 aliphatic carbocycles. The van der Waals surface area contributed by atoms with Gasteiger partial charge in [-0.15, -0.1) is 11.3 Å². The maximum Gasteiger partial charge on any atom is 0.238 e. The van der Waals surface area contributed by atoms with E-state index in [0.717, 1.165) is 40.4 Å². The molecule has 0 saturated carbocycles. The van der Waals surface area contributed by atoms with Gasteiger partial charge in [0.2, 0.25) is 5.91 Å². The monoisotopic (exact) mass is 395 g/mol. The summed E-state index contributed by atoms with van der Waals surface area (Å²) in [6.07, 6.45) is 1.65. The Kier molecular flexibility index (Phi) is 5.28. The zero-order valence-corrected chi connectivity index (χ0v) is 17.2. The Morgan fingerprint density at radius 1 is 1.18 bits per heavy atom. The van der Waals surface area contributed by atoms with Crippen LogP contribution < -0.4 is 10.2 Å². The second-order valence-corrected chi connectivity index (χ2v) is 8.39. The van der Waals surface area contributed by atoms with Gasteiger partial charge in [-0.1, -0.05) is 18.2 Å². The quantitative estimate of drug-likeness (QED) is 0.732. The minimum Gasteiger partial charge on any atom is -0.348 e. The number of nitrogens with zero attached hydrogens (tertiary/aromatic N) is 4. The van der Waals surface area contributed by atoms with Gasteiger partial charge in [0.05, 0.1) is 11.9 Å². The van der Waals surface area contributed by atoms with Crippen LogP contribution in [0.15, 0.2) is 42.0 Å². The fourth-order valence-corrected chi connectivity index (χ4v) is 4.79. The molecule has 1 N–H and O–H groups in total. The summed E-state index contributed by atoms with van der Waals surface area (Å²) >= 11 is 1.64. The van der Waals surface area contributed by atoms with Crippen molar-refractivity contribution in [2.24, 2.45) is 0 Å². The molecule has 1 saturated heterocycles. The highest BCUT2D eigenvalue weighted by atomic mass is 32.1. The van der Waals surface area contributed by atoms with Gasteiger partial charge in [-0.3, -0.25) is 9.69 Å². The first-order valence-corrected chi connectivity index (χ1v) is 10.5. The van der Waals surface area contributed by atoms with Gasteiger partial charge in [-0.25, -0.2) is 9.97 Å². The number of carbonyl (C=O) groups excluding carboxylic acids is 1. The summed E-state index contributed by atoms with van der Waals surface area (Å²) in [4.78, 5) is 27.1. The maximum absolute atomic E-state index is 12.6. The Bertz CT molecular complexity index is 976. The summed E-state index contributed by atoms with van der Waals surface area (Å²) < 4.78 is 0. The molecule has 4 rings (SSSR count). The smallest absolute Gasteiger partial charge is 0.238 e. The number of aryl methyl sites for hydroxylation is 1. The van der Waals surface area contributed by atoms with Gasteiger partial charge in [-0.2, -0.15) is 0 Å². The van der Waals surface area contributed by atoms with E-state index in [1.54, 1.807) is 17.7 Å². The summed E-state index contributed by atoms with van der Waals surface area (Å²) in [6, 6.07) is 10.5. The average molecular weight is 396 g/mol. The second kappa shape index (κ2) is 7.85. The average Bonchev–Trinajstić information content (AvgIpc) is 3.12. The number of hydrogen-bond donors (Lipinski definition) is 1. The molecule has 7 heteroatoms. The van der Waals surface area contributed by atoms with Crippen molar-refractivity contribution in [1.29, 1.82) is 0 Å². The third-order valence-electron chi connectivity index (χ3n) is 5.27. The first-order chi connectivity index (χ1) is 13.5. The summed E-state index contributed by atoms with van der Waals surface area (Å²) in [5.74, 6) is 1.03. The van der Waals surface area contributed by atoms with Crippen molar-refractivity contribution in [3.8, 4) is 0 Å². The molecule has 1 aliphatic heterocycles. The predicted octanol–water partition coefficient (Wildman–Crippen LogP) is 3.54. The van der Waals surface area contributed by atoms with Crippen LogP contribution in [-0.2, 0) is 4.79 Å². The lowest BCUT2D eigenvalue weighted by molar-refractivity contribution is -0.117. The number of aromatic nitrogens is 2. The maximum atomic E-state index is 12.6. The lowest BCUT2D eigenvalue weighted by Crippen LogP contribution is -2.58. The Balaban J connectivity index is 1.44. The Labute approximate surface area is 169 Å². The molecule has 28 heavy (non-hydrogen) atoms. The molecular formula is C21H25N5OS. The molecule has 0 spiro atoms. The third-order valence-corrected chi connectivity index (χ3v) is 6.09. The molecule has 3 heterocycles. The van der Waals surface area contributed by atoms with E-state index in [-0.39, 0.29) is 18.0 Å². The van der Waals surface area contributed by atoms with E-state index in [2.05, 4.69) is 50.4 Å². The van der Waals surface area contributed by atoms with Crippen LogP contribution in [-0.4, -0.2) is 52.5 Å². The molecule has 1 fully saturated rings. The van der Waals surface area contributed by atoms with Crippen molar-refractivity contribution in [1.82, 2.24) is 14.9 Å². The highest BCUT2D eigenvalue weighted by molar-refractivity contribution is 7.16. The summed E-state index contributed by atoms with van der Waals surface area (Å²) in [5.41, 5.74) is 1.96. The zero-order chi connectivity index (χ0) is 19.7. The lowest BCUT2D eigenvalue weighted by atomic mass is 10.1. The van der Waals surface area contributed by atoms with Gasteiger partial charge >= 0.3 is 0 Å². The molecule has 0 unspecified atom stereocenters. The summed E-state index contributed by atoms with van der Waals surface area (Å²) in [5, 5.41) is 6.21. The molecule has 2 atom stereocenters. The predicted molar refractivity (Wildman–Crippen MR) is 115 cm³/mol. The van der Waals surface area contributed by atoms with Crippen molar-refractivity contribution in [2.45, 2.75) is 32.9 Å². The van der Waals surface area contributed by atoms with Gasteiger partial charge in [0.25, 0.3) is 0 Å². The fraction of sp³-hybridized carbons (Fsp3) is 0.381. The van der Waals surface area contributed by atoms with E-state index in [0.29, 0.717) is 6.54 Å². The van der Waals surface area contributed by atoms with E-state index in [9.17, 15) is 4.79 Å². The molecule has 3 aromatic rings. The van der Waals surface area contributed by atoms with E-state index in [1.165, 1.54) is 0 Å².